The first-order valence-corrected chi connectivity index (χ1v) is 5.34. The number of hydrogen-bond donors (Lipinski definition) is 2. The molecular weight excluding hydrogens is 196 g/mol. The van der Waals surface area contributed by atoms with Crippen molar-refractivity contribution in [2.75, 3.05) is 13.2 Å². The maximum absolute atomic E-state index is 11.2. The third-order valence-electron chi connectivity index (χ3n) is 2.17. The van der Waals surface area contributed by atoms with E-state index in [1.807, 2.05) is 0 Å². The largest absolute Gasteiger partial charge is 0.466 e. The highest BCUT2D eigenvalue weighted by molar-refractivity contribution is 5.76. The summed E-state index contributed by atoms with van der Waals surface area (Å²) in [5.41, 5.74) is 0. The minimum atomic E-state index is -0.296. The number of hydrogen-bond acceptors (Lipinski definition) is 3. The van der Waals surface area contributed by atoms with Gasteiger partial charge in [-0.05, 0) is 19.8 Å². The molecule has 0 spiro atoms. The maximum Gasteiger partial charge on any atom is 0.315 e. The molecule has 0 aromatic rings. The molecule has 86 valence electrons. The van der Waals surface area contributed by atoms with Gasteiger partial charge in [0.1, 0.15) is 0 Å². The van der Waals surface area contributed by atoms with E-state index in [9.17, 15) is 9.59 Å². The molecule has 5 nitrogen and oxygen atoms in total. The summed E-state index contributed by atoms with van der Waals surface area (Å²) >= 11 is 0. The maximum atomic E-state index is 11.2. The first kappa shape index (κ1) is 11.8. The Hall–Kier alpha value is -1.26. The zero-order valence-corrected chi connectivity index (χ0v) is 9.21. The zero-order valence-electron chi connectivity index (χ0n) is 9.21. The predicted molar refractivity (Wildman–Crippen MR) is 55.4 cm³/mol. The lowest BCUT2D eigenvalue weighted by atomic mass is 10.2. The second kappa shape index (κ2) is 5.58. The molecule has 0 aromatic heterocycles. The number of rotatable bonds is 5. The van der Waals surface area contributed by atoms with Crippen molar-refractivity contribution in [1.82, 2.24) is 10.6 Å². The second-order valence-electron chi connectivity index (χ2n) is 3.78. The summed E-state index contributed by atoms with van der Waals surface area (Å²) < 4.78 is 4.82. The van der Waals surface area contributed by atoms with E-state index in [1.165, 1.54) is 0 Å². The van der Waals surface area contributed by atoms with Crippen molar-refractivity contribution in [3.8, 4) is 0 Å². The van der Waals surface area contributed by atoms with E-state index < -0.39 is 0 Å². The van der Waals surface area contributed by atoms with Crippen LogP contribution in [0.4, 0.5) is 4.79 Å². The van der Waals surface area contributed by atoms with Crippen LogP contribution in [0.15, 0.2) is 0 Å². The Bertz CT molecular complexity index is 239. The highest BCUT2D eigenvalue weighted by atomic mass is 16.5. The van der Waals surface area contributed by atoms with E-state index in [1.54, 1.807) is 13.8 Å². The summed E-state index contributed by atoms with van der Waals surface area (Å²) in [5, 5.41) is 5.42. The lowest BCUT2D eigenvalue weighted by molar-refractivity contribution is -0.147. The molecule has 0 saturated heterocycles. The summed E-state index contributed by atoms with van der Waals surface area (Å²) in [7, 11) is 0. The molecule has 0 aliphatic heterocycles. The first-order chi connectivity index (χ1) is 7.13. The van der Waals surface area contributed by atoms with Crippen LogP contribution in [-0.4, -0.2) is 31.2 Å². The molecule has 5 heteroatoms. The molecule has 0 bridgehead atoms. The van der Waals surface area contributed by atoms with Gasteiger partial charge in [0.25, 0.3) is 0 Å². The van der Waals surface area contributed by atoms with Crippen LogP contribution < -0.4 is 10.6 Å². The number of urea groups is 1. The molecule has 2 N–H and O–H groups in total. The highest BCUT2D eigenvalue weighted by Crippen LogP contribution is 2.18. The lowest BCUT2D eigenvalue weighted by Gasteiger charge is -2.11. The molecule has 0 unspecified atom stereocenters. The van der Waals surface area contributed by atoms with Crippen LogP contribution >= 0.6 is 0 Å². The Balaban J connectivity index is 2.11. The van der Waals surface area contributed by atoms with Gasteiger partial charge in [0.05, 0.1) is 12.5 Å². The number of esters is 1. The number of ether oxygens (including phenoxy) is 1. The van der Waals surface area contributed by atoms with Gasteiger partial charge in [-0.3, -0.25) is 4.79 Å². The molecule has 0 radical (unpaired) electrons. The number of carbonyl (C=O) groups is 2. The van der Waals surface area contributed by atoms with E-state index >= 15 is 0 Å². The van der Waals surface area contributed by atoms with E-state index in [0.29, 0.717) is 19.2 Å². The minimum Gasteiger partial charge on any atom is -0.466 e. The molecule has 1 aliphatic rings. The number of amides is 2. The SMILES string of the molecule is CCOC(=O)[C@H](C)CNC(=O)NC1CC1. The molecule has 1 rings (SSSR count). The van der Waals surface area contributed by atoms with Crippen LogP contribution in [0.25, 0.3) is 0 Å². The van der Waals surface area contributed by atoms with Crippen LogP contribution in [0.3, 0.4) is 0 Å². The Labute approximate surface area is 89.6 Å². The summed E-state index contributed by atoms with van der Waals surface area (Å²) in [6.07, 6.45) is 2.11. The average Bonchev–Trinajstić information content (AvgIpc) is 2.98. The summed E-state index contributed by atoms with van der Waals surface area (Å²) in [6, 6.07) is 0.136. The summed E-state index contributed by atoms with van der Waals surface area (Å²) in [6.45, 7) is 4.18. The third-order valence-corrected chi connectivity index (χ3v) is 2.17. The van der Waals surface area contributed by atoms with Gasteiger partial charge in [-0.15, -0.1) is 0 Å². The van der Waals surface area contributed by atoms with E-state index in [4.69, 9.17) is 4.74 Å². The van der Waals surface area contributed by atoms with Gasteiger partial charge < -0.3 is 15.4 Å². The van der Waals surface area contributed by atoms with Crippen molar-refractivity contribution in [3.63, 3.8) is 0 Å². The van der Waals surface area contributed by atoms with Crippen molar-refractivity contribution in [2.45, 2.75) is 32.7 Å². The molecule has 1 fully saturated rings. The van der Waals surface area contributed by atoms with Gasteiger partial charge >= 0.3 is 12.0 Å². The fourth-order valence-corrected chi connectivity index (χ4v) is 1.08. The molecular formula is C10H18N2O3. The normalized spacial score (nSPS) is 16.7. The van der Waals surface area contributed by atoms with Crippen LogP contribution in [-0.2, 0) is 9.53 Å². The fourth-order valence-electron chi connectivity index (χ4n) is 1.08. The van der Waals surface area contributed by atoms with Crippen molar-refractivity contribution in [1.29, 1.82) is 0 Å². The second-order valence-corrected chi connectivity index (χ2v) is 3.78. The van der Waals surface area contributed by atoms with Crippen molar-refractivity contribution >= 4 is 12.0 Å². The quantitative estimate of drug-likeness (QED) is 0.660. The molecule has 1 aliphatic carbocycles. The van der Waals surface area contributed by atoms with E-state index in [-0.39, 0.29) is 17.9 Å². The monoisotopic (exact) mass is 214 g/mol. The molecule has 1 saturated carbocycles. The van der Waals surface area contributed by atoms with Crippen LogP contribution in [0.5, 0.6) is 0 Å². The first-order valence-electron chi connectivity index (χ1n) is 5.34. The van der Waals surface area contributed by atoms with Crippen molar-refractivity contribution in [2.24, 2.45) is 5.92 Å². The van der Waals surface area contributed by atoms with Crippen LogP contribution in [0.2, 0.25) is 0 Å². The zero-order chi connectivity index (χ0) is 11.3. The molecule has 2 amide bonds. The third kappa shape index (κ3) is 4.67. The topological polar surface area (TPSA) is 67.4 Å². The predicted octanol–water partition coefficient (Wildman–Crippen LogP) is 0.647. The van der Waals surface area contributed by atoms with Gasteiger partial charge in [-0.25, -0.2) is 4.79 Å². The highest BCUT2D eigenvalue weighted by Gasteiger charge is 2.23. The van der Waals surface area contributed by atoms with Gasteiger partial charge in [0, 0.05) is 12.6 Å². The van der Waals surface area contributed by atoms with Crippen molar-refractivity contribution in [3.05, 3.63) is 0 Å². The Kier molecular flexibility index (Phi) is 4.39. The van der Waals surface area contributed by atoms with Gasteiger partial charge in [-0.1, -0.05) is 6.92 Å². The van der Waals surface area contributed by atoms with E-state index in [2.05, 4.69) is 10.6 Å². The molecule has 0 heterocycles. The lowest BCUT2D eigenvalue weighted by Crippen LogP contribution is -2.40. The average molecular weight is 214 g/mol. The van der Waals surface area contributed by atoms with Crippen molar-refractivity contribution < 1.29 is 14.3 Å². The Morgan fingerprint density at radius 2 is 2.13 bits per heavy atom. The fraction of sp³-hybridized carbons (Fsp3) is 0.800. The molecule has 15 heavy (non-hydrogen) atoms. The standard InChI is InChI=1S/C10H18N2O3/c1-3-15-9(13)7(2)6-11-10(14)12-8-4-5-8/h7-8H,3-6H2,1-2H3,(H2,11,12,14)/t7-/m1/s1. The van der Waals surface area contributed by atoms with Gasteiger partial charge in [0.2, 0.25) is 0 Å². The van der Waals surface area contributed by atoms with Gasteiger partial charge in [-0.2, -0.15) is 0 Å². The Morgan fingerprint density at radius 3 is 2.67 bits per heavy atom. The Morgan fingerprint density at radius 1 is 1.47 bits per heavy atom. The summed E-state index contributed by atoms with van der Waals surface area (Å²) in [4.78, 5) is 22.4. The van der Waals surface area contributed by atoms with Crippen LogP contribution in [0, 0.1) is 5.92 Å². The number of nitrogens with one attached hydrogen (secondary N) is 2. The number of carbonyl (C=O) groups excluding carboxylic acids is 2. The van der Waals surface area contributed by atoms with Gasteiger partial charge in [0.15, 0.2) is 0 Å². The van der Waals surface area contributed by atoms with E-state index in [0.717, 1.165) is 12.8 Å². The van der Waals surface area contributed by atoms with Crippen LogP contribution in [0.1, 0.15) is 26.7 Å². The summed E-state index contributed by atoms with van der Waals surface area (Å²) in [5.74, 6) is -0.570. The molecule has 0 aromatic carbocycles. The molecule has 1 atom stereocenters. The smallest absolute Gasteiger partial charge is 0.315 e. The minimum absolute atomic E-state index is 0.200.